The molecule has 0 amide bonds. The van der Waals surface area contributed by atoms with E-state index in [1.165, 1.54) is 0 Å². The van der Waals surface area contributed by atoms with E-state index >= 15 is 0 Å². The summed E-state index contributed by atoms with van der Waals surface area (Å²) >= 11 is 0. The maximum Gasteiger partial charge on any atom is 0.126 e. The van der Waals surface area contributed by atoms with E-state index in [1.54, 1.807) is 13.0 Å². The Balaban J connectivity index is 2.64. The molecule has 0 spiro atoms. The molecule has 1 aromatic carbocycles. The first-order valence-electron chi connectivity index (χ1n) is 6.15. The van der Waals surface area contributed by atoms with E-state index in [4.69, 9.17) is 5.73 Å². The van der Waals surface area contributed by atoms with Crippen molar-refractivity contribution in [3.05, 3.63) is 35.1 Å². The number of nitrogens with one attached hydrogen (secondary N) is 1. The fourth-order valence-corrected chi connectivity index (χ4v) is 1.80. The highest BCUT2D eigenvalue weighted by molar-refractivity contribution is 5.29. The number of halogens is 1. The van der Waals surface area contributed by atoms with Crippen LogP contribution in [0, 0.1) is 12.7 Å². The standard InChI is InChI=1S/C14H23FN2/c1-11-9-12(5-6-13(11)15)14(2,3)10-17-8-4-7-16/h5-6,9,17H,4,7-8,10,16H2,1-3H3. The van der Waals surface area contributed by atoms with Crippen LogP contribution >= 0.6 is 0 Å². The van der Waals surface area contributed by atoms with Crippen molar-refractivity contribution in [3.63, 3.8) is 0 Å². The van der Waals surface area contributed by atoms with Gasteiger partial charge in [0.1, 0.15) is 5.82 Å². The van der Waals surface area contributed by atoms with Gasteiger partial charge in [-0.2, -0.15) is 0 Å². The van der Waals surface area contributed by atoms with Crippen LogP contribution in [0.1, 0.15) is 31.4 Å². The van der Waals surface area contributed by atoms with Crippen LogP contribution in [0.4, 0.5) is 4.39 Å². The van der Waals surface area contributed by atoms with Crippen LogP contribution in [-0.4, -0.2) is 19.6 Å². The lowest BCUT2D eigenvalue weighted by atomic mass is 9.84. The number of rotatable bonds is 6. The average Bonchev–Trinajstić information content (AvgIpc) is 2.28. The third-order valence-electron chi connectivity index (χ3n) is 3.06. The second-order valence-electron chi connectivity index (χ2n) is 5.17. The van der Waals surface area contributed by atoms with Gasteiger partial charge in [-0.05, 0) is 43.6 Å². The molecular formula is C14H23FN2. The third kappa shape index (κ3) is 4.10. The highest BCUT2D eigenvalue weighted by atomic mass is 19.1. The molecule has 3 N–H and O–H groups in total. The number of hydrogen-bond acceptors (Lipinski definition) is 2. The summed E-state index contributed by atoms with van der Waals surface area (Å²) in [4.78, 5) is 0. The van der Waals surface area contributed by atoms with E-state index in [0.717, 1.165) is 25.1 Å². The number of aryl methyl sites for hydroxylation is 1. The molecule has 0 aromatic heterocycles. The molecule has 0 heterocycles. The Morgan fingerprint density at radius 1 is 1.35 bits per heavy atom. The molecular weight excluding hydrogens is 215 g/mol. The topological polar surface area (TPSA) is 38.0 Å². The van der Waals surface area contributed by atoms with Crippen LogP contribution in [0.2, 0.25) is 0 Å². The van der Waals surface area contributed by atoms with Crippen molar-refractivity contribution >= 4 is 0 Å². The van der Waals surface area contributed by atoms with Crippen molar-refractivity contribution in [2.75, 3.05) is 19.6 Å². The Hall–Kier alpha value is -0.930. The first-order valence-corrected chi connectivity index (χ1v) is 6.15. The van der Waals surface area contributed by atoms with Gasteiger partial charge >= 0.3 is 0 Å². The van der Waals surface area contributed by atoms with Crippen molar-refractivity contribution in [2.45, 2.75) is 32.6 Å². The molecule has 1 aromatic rings. The normalized spacial score (nSPS) is 11.8. The summed E-state index contributed by atoms with van der Waals surface area (Å²) in [6.07, 6.45) is 0.985. The smallest absolute Gasteiger partial charge is 0.126 e. The minimum Gasteiger partial charge on any atom is -0.330 e. The minimum absolute atomic E-state index is 0.00700. The molecule has 0 atom stereocenters. The van der Waals surface area contributed by atoms with Crippen molar-refractivity contribution in [3.8, 4) is 0 Å². The van der Waals surface area contributed by atoms with Crippen LogP contribution in [0.3, 0.4) is 0 Å². The predicted molar refractivity (Wildman–Crippen MR) is 70.7 cm³/mol. The van der Waals surface area contributed by atoms with Crippen molar-refractivity contribution in [1.82, 2.24) is 5.32 Å². The zero-order valence-corrected chi connectivity index (χ0v) is 11.0. The summed E-state index contributed by atoms with van der Waals surface area (Å²) in [5.74, 6) is -0.138. The highest BCUT2D eigenvalue weighted by Gasteiger charge is 2.20. The number of hydrogen-bond donors (Lipinski definition) is 2. The lowest BCUT2D eigenvalue weighted by molar-refractivity contribution is 0.466. The molecule has 1 rings (SSSR count). The van der Waals surface area contributed by atoms with Gasteiger partial charge < -0.3 is 11.1 Å². The molecule has 0 aliphatic heterocycles. The monoisotopic (exact) mass is 238 g/mol. The molecule has 3 heteroatoms. The van der Waals surface area contributed by atoms with Gasteiger partial charge in [0.2, 0.25) is 0 Å². The van der Waals surface area contributed by atoms with Gasteiger partial charge in [0, 0.05) is 12.0 Å². The van der Waals surface area contributed by atoms with E-state index in [-0.39, 0.29) is 11.2 Å². The van der Waals surface area contributed by atoms with Gasteiger partial charge in [-0.15, -0.1) is 0 Å². The Labute approximate surface area is 103 Å². The molecule has 17 heavy (non-hydrogen) atoms. The van der Waals surface area contributed by atoms with Gasteiger partial charge in [0.25, 0.3) is 0 Å². The molecule has 0 saturated heterocycles. The lowest BCUT2D eigenvalue weighted by Crippen LogP contribution is -2.34. The van der Waals surface area contributed by atoms with E-state index in [2.05, 4.69) is 19.2 Å². The second-order valence-corrected chi connectivity index (χ2v) is 5.17. The SMILES string of the molecule is Cc1cc(C(C)(C)CNCCCN)ccc1F. The predicted octanol–water partition coefficient (Wildman–Crippen LogP) is 2.35. The maximum absolute atomic E-state index is 13.2. The van der Waals surface area contributed by atoms with Crippen LogP contribution in [-0.2, 0) is 5.41 Å². The molecule has 2 nitrogen and oxygen atoms in total. The van der Waals surface area contributed by atoms with Gasteiger partial charge in [0.05, 0.1) is 0 Å². The van der Waals surface area contributed by atoms with Crippen LogP contribution < -0.4 is 11.1 Å². The molecule has 0 unspecified atom stereocenters. The fourth-order valence-electron chi connectivity index (χ4n) is 1.80. The van der Waals surface area contributed by atoms with Gasteiger partial charge in [-0.25, -0.2) is 4.39 Å². The summed E-state index contributed by atoms with van der Waals surface area (Å²) in [5, 5.41) is 3.39. The summed E-state index contributed by atoms with van der Waals surface area (Å²) in [6, 6.07) is 5.35. The maximum atomic E-state index is 13.2. The molecule has 96 valence electrons. The first kappa shape index (κ1) is 14.1. The van der Waals surface area contributed by atoms with Crippen LogP contribution in [0.25, 0.3) is 0 Å². The largest absolute Gasteiger partial charge is 0.330 e. The summed E-state index contributed by atoms with van der Waals surface area (Å²) in [7, 11) is 0. The van der Waals surface area contributed by atoms with Gasteiger partial charge in [-0.1, -0.05) is 26.0 Å². The molecule has 0 fully saturated rings. The van der Waals surface area contributed by atoms with Crippen LogP contribution in [0.5, 0.6) is 0 Å². The Morgan fingerprint density at radius 2 is 2.06 bits per heavy atom. The quantitative estimate of drug-likeness (QED) is 0.747. The molecule has 0 aliphatic rings. The zero-order valence-electron chi connectivity index (χ0n) is 11.0. The molecule has 0 aliphatic carbocycles. The fraction of sp³-hybridized carbons (Fsp3) is 0.571. The summed E-state index contributed by atoms with van der Waals surface area (Å²) in [6.45, 7) is 8.64. The second kappa shape index (κ2) is 6.12. The van der Waals surface area contributed by atoms with Gasteiger partial charge in [0.15, 0.2) is 0 Å². The first-order chi connectivity index (χ1) is 7.97. The highest BCUT2D eigenvalue weighted by Crippen LogP contribution is 2.24. The summed E-state index contributed by atoms with van der Waals surface area (Å²) < 4.78 is 13.2. The van der Waals surface area contributed by atoms with Gasteiger partial charge in [-0.3, -0.25) is 0 Å². The number of nitrogens with two attached hydrogens (primary N) is 1. The van der Waals surface area contributed by atoms with Crippen molar-refractivity contribution < 1.29 is 4.39 Å². The van der Waals surface area contributed by atoms with E-state index in [1.807, 2.05) is 12.1 Å². The molecule has 0 saturated carbocycles. The molecule has 0 bridgehead atoms. The van der Waals surface area contributed by atoms with E-state index < -0.39 is 0 Å². The average molecular weight is 238 g/mol. The number of benzene rings is 1. The van der Waals surface area contributed by atoms with Crippen LogP contribution in [0.15, 0.2) is 18.2 Å². The minimum atomic E-state index is -0.138. The lowest BCUT2D eigenvalue weighted by Gasteiger charge is -2.26. The Kier molecular flexibility index (Phi) is 5.09. The Bertz CT molecular complexity index is 361. The van der Waals surface area contributed by atoms with Crippen molar-refractivity contribution in [2.24, 2.45) is 5.73 Å². The zero-order chi connectivity index (χ0) is 12.9. The van der Waals surface area contributed by atoms with E-state index in [9.17, 15) is 4.39 Å². The van der Waals surface area contributed by atoms with E-state index in [0.29, 0.717) is 12.1 Å². The third-order valence-corrected chi connectivity index (χ3v) is 3.06. The molecule has 0 radical (unpaired) electrons. The van der Waals surface area contributed by atoms with Crippen molar-refractivity contribution in [1.29, 1.82) is 0 Å². The summed E-state index contributed by atoms with van der Waals surface area (Å²) in [5.41, 5.74) is 7.32. The Morgan fingerprint density at radius 3 is 2.65 bits per heavy atom.